The summed E-state index contributed by atoms with van der Waals surface area (Å²) < 4.78 is 1.72. The van der Waals surface area contributed by atoms with E-state index in [-0.39, 0.29) is 6.42 Å². The van der Waals surface area contributed by atoms with Crippen molar-refractivity contribution in [2.24, 2.45) is 0 Å². The molecule has 1 atom stereocenters. The number of aliphatic hydroxyl groups excluding tert-OH is 1. The molecule has 0 radical (unpaired) electrons. The predicted octanol–water partition coefficient (Wildman–Crippen LogP) is 3.50. The van der Waals surface area contributed by atoms with Crippen LogP contribution in [-0.4, -0.2) is 16.2 Å². The summed E-state index contributed by atoms with van der Waals surface area (Å²) in [5.41, 5.74) is 0.778. The smallest absolute Gasteiger partial charge is 0.303 e. The molecule has 88 valence electrons. The third-order valence-electron chi connectivity index (χ3n) is 2.19. The van der Waals surface area contributed by atoms with Crippen LogP contribution in [0.15, 0.2) is 27.1 Å². The molecule has 3 nitrogen and oxygen atoms in total. The van der Waals surface area contributed by atoms with Gasteiger partial charge >= 0.3 is 5.97 Å². The van der Waals surface area contributed by atoms with Crippen molar-refractivity contribution in [3.05, 3.63) is 32.7 Å². The lowest BCUT2D eigenvalue weighted by Gasteiger charge is -2.12. The molecule has 16 heavy (non-hydrogen) atoms. The van der Waals surface area contributed by atoms with Crippen LogP contribution in [0.4, 0.5) is 0 Å². The highest BCUT2D eigenvalue weighted by atomic mass is 79.9. The summed E-state index contributed by atoms with van der Waals surface area (Å²) >= 11 is 6.68. The molecular formula is C11H12Br2O3. The summed E-state index contributed by atoms with van der Waals surface area (Å²) in [6.07, 6.45) is 0.366. The topological polar surface area (TPSA) is 57.5 Å². The number of carboxylic acid groups (broad SMARTS) is 1. The van der Waals surface area contributed by atoms with Gasteiger partial charge < -0.3 is 10.2 Å². The molecule has 0 bridgehead atoms. The van der Waals surface area contributed by atoms with Gasteiger partial charge in [-0.05, 0) is 36.6 Å². The third-order valence-corrected chi connectivity index (χ3v) is 3.40. The van der Waals surface area contributed by atoms with Crippen LogP contribution in [0.3, 0.4) is 0 Å². The minimum Gasteiger partial charge on any atom is -0.481 e. The van der Waals surface area contributed by atoms with Crippen molar-refractivity contribution in [2.45, 2.75) is 25.4 Å². The van der Waals surface area contributed by atoms with Crippen molar-refractivity contribution in [3.8, 4) is 0 Å². The van der Waals surface area contributed by atoms with Crippen LogP contribution in [0.25, 0.3) is 0 Å². The van der Waals surface area contributed by atoms with Crippen LogP contribution in [0.5, 0.6) is 0 Å². The second kappa shape index (κ2) is 6.37. The lowest BCUT2D eigenvalue weighted by atomic mass is 10.0. The van der Waals surface area contributed by atoms with E-state index in [1.54, 1.807) is 0 Å². The number of rotatable bonds is 5. The van der Waals surface area contributed by atoms with Crippen molar-refractivity contribution in [3.63, 3.8) is 0 Å². The molecule has 0 aliphatic heterocycles. The summed E-state index contributed by atoms with van der Waals surface area (Å²) in [5.74, 6) is -0.833. The van der Waals surface area contributed by atoms with E-state index in [0.29, 0.717) is 12.8 Å². The first-order valence-electron chi connectivity index (χ1n) is 4.85. The van der Waals surface area contributed by atoms with Gasteiger partial charge in [0.25, 0.3) is 0 Å². The molecule has 0 saturated heterocycles. The normalized spacial score (nSPS) is 12.4. The standard InChI is InChI=1S/C11H12Br2O3/c12-7-4-5-9(13)8(6-7)10(14)2-1-3-11(15)16/h4-6,10,14H,1-3H2,(H,15,16). The summed E-state index contributed by atoms with van der Waals surface area (Å²) in [5, 5.41) is 18.4. The van der Waals surface area contributed by atoms with Crippen LogP contribution in [0.2, 0.25) is 0 Å². The van der Waals surface area contributed by atoms with Crippen LogP contribution in [0.1, 0.15) is 30.9 Å². The van der Waals surface area contributed by atoms with E-state index in [9.17, 15) is 9.90 Å². The molecule has 1 unspecified atom stereocenters. The Bertz CT molecular complexity index is 379. The highest BCUT2D eigenvalue weighted by Crippen LogP contribution is 2.29. The van der Waals surface area contributed by atoms with E-state index in [1.165, 1.54) is 0 Å². The lowest BCUT2D eigenvalue weighted by Crippen LogP contribution is -2.01. The molecule has 1 aromatic carbocycles. The number of aliphatic hydroxyl groups is 1. The third kappa shape index (κ3) is 4.23. The van der Waals surface area contributed by atoms with Gasteiger partial charge in [-0.15, -0.1) is 0 Å². The predicted molar refractivity (Wildman–Crippen MR) is 68.3 cm³/mol. The number of aliphatic carboxylic acids is 1. The Balaban J connectivity index is 2.61. The zero-order valence-electron chi connectivity index (χ0n) is 8.49. The minimum absolute atomic E-state index is 0.0860. The number of carboxylic acids is 1. The fourth-order valence-corrected chi connectivity index (χ4v) is 2.26. The molecule has 0 fully saturated rings. The van der Waals surface area contributed by atoms with Crippen molar-refractivity contribution >= 4 is 37.8 Å². The number of hydrogen-bond donors (Lipinski definition) is 2. The van der Waals surface area contributed by atoms with E-state index in [2.05, 4.69) is 31.9 Å². The fraction of sp³-hybridized carbons (Fsp3) is 0.364. The van der Waals surface area contributed by atoms with Crippen molar-refractivity contribution in [2.75, 3.05) is 0 Å². The first-order chi connectivity index (χ1) is 7.50. The first kappa shape index (κ1) is 13.7. The lowest BCUT2D eigenvalue weighted by molar-refractivity contribution is -0.137. The summed E-state index contributed by atoms with van der Waals surface area (Å²) in [7, 11) is 0. The Morgan fingerprint density at radius 3 is 2.69 bits per heavy atom. The second-order valence-electron chi connectivity index (χ2n) is 3.47. The molecule has 0 aromatic heterocycles. The highest BCUT2D eigenvalue weighted by molar-refractivity contribution is 9.11. The minimum atomic E-state index is -0.833. The van der Waals surface area contributed by atoms with Crippen molar-refractivity contribution in [1.82, 2.24) is 0 Å². The van der Waals surface area contributed by atoms with Gasteiger partial charge in [-0.25, -0.2) is 0 Å². The largest absolute Gasteiger partial charge is 0.481 e. The molecule has 0 aliphatic carbocycles. The first-order valence-corrected chi connectivity index (χ1v) is 6.44. The molecule has 5 heteroatoms. The van der Waals surface area contributed by atoms with Crippen LogP contribution < -0.4 is 0 Å². The van der Waals surface area contributed by atoms with E-state index in [1.807, 2.05) is 18.2 Å². The number of hydrogen-bond acceptors (Lipinski definition) is 2. The molecule has 0 amide bonds. The average Bonchev–Trinajstić information content (AvgIpc) is 2.21. The van der Waals surface area contributed by atoms with E-state index >= 15 is 0 Å². The van der Waals surface area contributed by atoms with Gasteiger partial charge in [0, 0.05) is 15.4 Å². The van der Waals surface area contributed by atoms with Gasteiger partial charge in [0.1, 0.15) is 0 Å². The number of benzene rings is 1. The van der Waals surface area contributed by atoms with Crippen molar-refractivity contribution in [1.29, 1.82) is 0 Å². The van der Waals surface area contributed by atoms with Gasteiger partial charge in [-0.3, -0.25) is 4.79 Å². The maximum Gasteiger partial charge on any atom is 0.303 e. The maximum atomic E-state index is 10.3. The fourth-order valence-electron chi connectivity index (χ4n) is 1.37. The van der Waals surface area contributed by atoms with Crippen LogP contribution >= 0.6 is 31.9 Å². The van der Waals surface area contributed by atoms with Crippen LogP contribution in [0, 0.1) is 0 Å². The van der Waals surface area contributed by atoms with E-state index < -0.39 is 12.1 Å². The molecule has 0 aliphatic rings. The van der Waals surface area contributed by atoms with Gasteiger partial charge in [0.15, 0.2) is 0 Å². The summed E-state index contributed by atoms with van der Waals surface area (Å²) in [6.45, 7) is 0. The SMILES string of the molecule is O=C(O)CCCC(O)c1cc(Br)ccc1Br. The number of carbonyl (C=O) groups is 1. The zero-order chi connectivity index (χ0) is 12.1. The zero-order valence-corrected chi connectivity index (χ0v) is 11.7. The average molecular weight is 352 g/mol. The summed E-state index contributed by atoms with van der Waals surface area (Å²) in [6, 6.07) is 5.55. The monoisotopic (exact) mass is 350 g/mol. The maximum absolute atomic E-state index is 10.3. The molecule has 0 spiro atoms. The van der Waals surface area contributed by atoms with Gasteiger partial charge in [-0.1, -0.05) is 31.9 Å². The van der Waals surface area contributed by atoms with Crippen molar-refractivity contribution < 1.29 is 15.0 Å². The Morgan fingerprint density at radius 2 is 2.06 bits per heavy atom. The molecule has 1 aromatic rings. The molecule has 0 heterocycles. The van der Waals surface area contributed by atoms with Gasteiger partial charge in [0.2, 0.25) is 0 Å². The van der Waals surface area contributed by atoms with Gasteiger partial charge in [0.05, 0.1) is 6.10 Å². The quantitative estimate of drug-likeness (QED) is 0.853. The van der Waals surface area contributed by atoms with E-state index in [0.717, 1.165) is 14.5 Å². The van der Waals surface area contributed by atoms with Crippen LogP contribution in [-0.2, 0) is 4.79 Å². The Kier molecular flexibility index (Phi) is 5.44. The Labute approximate surface area is 111 Å². The van der Waals surface area contributed by atoms with Gasteiger partial charge in [-0.2, -0.15) is 0 Å². The number of halogens is 2. The summed E-state index contributed by atoms with van der Waals surface area (Å²) in [4.78, 5) is 10.3. The molecule has 0 saturated carbocycles. The molecule has 1 rings (SSSR count). The van der Waals surface area contributed by atoms with E-state index in [4.69, 9.17) is 5.11 Å². The Morgan fingerprint density at radius 1 is 1.38 bits per heavy atom. The Hall–Kier alpha value is -0.390. The second-order valence-corrected chi connectivity index (χ2v) is 5.24. The highest BCUT2D eigenvalue weighted by Gasteiger charge is 2.12. The molecule has 2 N–H and O–H groups in total. The molecular weight excluding hydrogens is 340 g/mol.